The highest BCUT2D eigenvalue weighted by Gasteiger charge is 2.28. The van der Waals surface area contributed by atoms with E-state index in [2.05, 4.69) is 20.7 Å². The average Bonchev–Trinajstić information content (AvgIpc) is 2.64. The van der Waals surface area contributed by atoms with E-state index < -0.39 is 24.7 Å². The number of nitrogens with zero attached hydrogens (tertiary/aromatic N) is 1. The summed E-state index contributed by atoms with van der Waals surface area (Å²) in [6.45, 7) is -0.0231. The second-order valence-corrected chi connectivity index (χ2v) is 5.95. The summed E-state index contributed by atoms with van der Waals surface area (Å²) in [6.07, 6.45) is -4.54. The molecule has 0 spiro atoms. The Morgan fingerprint density at radius 1 is 1.10 bits per heavy atom. The molecule has 0 atom stereocenters. The van der Waals surface area contributed by atoms with Crippen molar-refractivity contribution in [3.05, 3.63) is 53.6 Å². The number of ether oxygens (including phenoxy) is 1. The van der Waals surface area contributed by atoms with Gasteiger partial charge < -0.3 is 20.7 Å². The Kier molecular flexibility index (Phi) is 7.03. The molecule has 0 aliphatic rings. The molecule has 0 saturated heterocycles. The van der Waals surface area contributed by atoms with Crippen LogP contribution in [-0.2, 0) is 4.79 Å². The molecular weight excluding hydrogens is 389 g/mol. The van der Waals surface area contributed by atoms with E-state index in [-0.39, 0.29) is 23.5 Å². The number of urea groups is 1. The number of carbonyl (C=O) groups is 2. The Balaban J connectivity index is 1.88. The van der Waals surface area contributed by atoms with Gasteiger partial charge in [0.2, 0.25) is 5.91 Å². The summed E-state index contributed by atoms with van der Waals surface area (Å²) in [6, 6.07) is 11.8. The highest BCUT2D eigenvalue weighted by atomic mass is 19.4. The summed E-state index contributed by atoms with van der Waals surface area (Å²) in [5.41, 5.74) is 1.52. The fourth-order valence-corrected chi connectivity index (χ4v) is 2.24. The molecule has 2 aromatic carbocycles. The van der Waals surface area contributed by atoms with Crippen molar-refractivity contribution in [2.24, 2.45) is 0 Å². The van der Waals surface area contributed by atoms with Gasteiger partial charge in [0.15, 0.2) is 6.61 Å². The van der Waals surface area contributed by atoms with Gasteiger partial charge in [-0.2, -0.15) is 18.4 Å². The van der Waals surface area contributed by atoms with E-state index in [1.807, 2.05) is 13.0 Å². The van der Waals surface area contributed by atoms with Crippen LogP contribution < -0.4 is 20.7 Å². The number of nitrogens with one attached hydrogen (secondary N) is 3. The second-order valence-electron chi connectivity index (χ2n) is 5.95. The number of carbonyl (C=O) groups excluding carboxylic acids is 2. The van der Waals surface area contributed by atoms with Crippen LogP contribution in [0.4, 0.5) is 29.3 Å². The van der Waals surface area contributed by atoms with Gasteiger partial charge >= 0.3 is 12.2 Å². The molecule has 0 unspecified atom stereocenters. The van der Waals surface area contributed by atoms with Crippen molar-refractivity contribution >= 4 is 23.3 Å². The molecule has 0 fully saturated rings. The molecule has 2 rings (SSSR count). The first kappa shape index (κ1) is 21.6. The number of anilines is 2. The Labute approximate surface area is 164 Å². The zero-order valence-corrected chi connectivity index (χ0v) is 15.3. The van der Waals surface area contributed by atoms with Gasteiger partial charge in [-0.25, -0.2) is 4.79 Å². The number of hydrogen-bond acceptors (Lipinski definition) is 4. The van der Waals surface area contributed by atoms with Crippen LogP contribution in [-0.4, -0.2) is 31.3 Å². The zero-order valence-electron chi connectivity index (χ0n) is 15.3. The molecule has 3 amide bonds. The number of alkyl halides is 3. The van der Waals surface area contributed by atoms with Crippen molar-refractivity contribution in [3.63, 3.8) is 0 Å². The van der Waals surface area contributed by atoms with Crippen molar-refractivity contribution in [2.75, 3.05) is 23.8 Å². The van der Waals surface area contributed by atoms with Crippen molar-refractivity contribution in [1.82, 2.24) is 5.32 Å². The third-order valence-corrected chi connectivity index (χ3v) is 3.46. The van der Waals surface area contributed by atoms with Crippen LogP contribution >= 0.6 is 0 Å². The predicted octanol–water partition coefficient (Wildman–Crippen LogP) is 3.57. The Morgan fingerprint density at radius 3 is 2.48 bits per heavy atom. The molecule has 0 saturated carbocycles. The summed E-state index contributed by atoms with van der Waals surface area (Å²) in [5.74, 6) is -0.837. The van der Waals surface area contributed by atoms with Crippen LogP contribution in [0.25, 0.3) is 0 Å². The molecule has 0 aliphatic heterocycles. The first-order valence-electron chi connectivity index (χ1n) is 8.31. The van der Waals surface area contributed by atoms with E-state index in [0.29, 0.717) is 5.69 Å². The minimum atomic E-state index is -4.54. The van der Waals surface area contributed by atoms with E-state index in [1.165, 1.54) is 12.1 Å². The van der Waals surface area contributed by atoms with Crippen molar-refractivity contribution in [1.29, 1.82) is 5.26 Å². The lowest BCUT2D eigenvalue weighted by atomic mass is 10.2. The molecule has 29 heavy (non-hydrogen) atoms. The van der Waals surface area contributed by atoms with E-state index in [9.17, 15) is 22.8 Å². The molecule has 0 radical (unpaired) electrons. The van der Waals surface area contributed by atoms with Crippen LogP contribution in [0.3, 0.4) is 0 Å². The minimum Gasteiger partial charge on any atom is -0.483 e. The van der Waals surface area contributed by atoms with Gasteiger partial charge in [-0.15, -0.1) is 0 Å². The van der Waals surface area contributed by atoms with E-state index in [4.69, 9.17) is 5.26 Å². The normalized spacial score (nSPS) is 10.6. The number of halogens is 3. The SMILES string of the molecule is Cc1cccc(NC(=O)NCC(=O)Nc2ccc(OCC(F)(F)F)c(C#N)c2)c1. The van der Waals surface area contributed by atoms with Crippen LogP contribution in [0.5, 0.6) is 5.75 Å². The third kappa shape index (κ3) is 7.42. The number of nitriles is 1. The molecule has 2 aromatic rings. The summed E-state index contributed by atoms with van der Waals surface area (Å²) in [5, 5.41) is 16.4. The standard InChI is InChI=1S/C19H17F3N4O3/c1-12-3-2-4-14(7-12)26-18(28)24-10-17(27)25-15-5-6-16(13(8-15)9-23)29-11-19(20,21)22/h2-8H,10-11H2,1H3,(H,25,27)(H2,24,26,28). The summed E-state index contributed by atoms with van der Waals surface area (Å²) in [7, 11) is 0. The van der Waals surface area contributed by atoms with Gasteiger partial charge in [0.25, 0.3) is 0 Å². The van der Waals surface area contributed by atoms with E-state index >= 15 is 0 Å². The second kappa shape index (κ2) is 9.45. The monoisotopic (exact) mass is 406 g/mol. The molecule has 0 bridgehead atoms. The fraction of sp³-hybridized carbons (Fsp3) is 0.211. The van der Waals surface area contributed by atoms with Crippen molar-refractivity contribution in [3.8, 4) is 11.8 Å². The number of aryl methyl sites for hydroxylation is 1. The first-order chi connectivity index (χ1) is 13.7. The first-order valence-corrected chi connectivity index (χ1v) is 8.31. The Hall–Kier alpha value is -3.74. The largest absolute Gasteiger partial charge is 0.483 e. The van der Waals surface area contributed by atoms with Gasteiger partial charge in [0, 0.05) is 11.4 Å². The number of hydrogen-bond donors (Lipinski definition) is 3. The smallest absolute Gasteiger partial charge is 0.422 e. The van der Waals surface area contributed by atoms with Crippen LogP contribution in [0.1, 0.15) is 11.1 Å². The topological polar surface area (TPSA) is 103 Å². The lowest BCUT2D eigenvalue weighted by molar-refractivity contribution is -0.153. The average molecular weight is 406 g/mol. The van der Waals surface area contributed by atoms with Crippen LogP contribution in [0, 0.1) is 18.3 Å². The molecule has 152 valence electrons. The van der Waals surface area contributed by atoms with Gasteiger partial charge in [-0.3, -0.25) is 4.79 Å². The van der Waals surface area contributed by atoms with Crippen LogP contribution in [0.2, 0.25) is 0 Å². The maximum atomic E-state index is 12.2. The summed E-state index contributed by atoms with van der Waals surface area (Å²) in [4.78, 5) is 23.8. The molecule has 0 heterocycles. The molecule has 3 N–H and O–H groups in total. The maximum Gasteiger partial charge on any atom is 0.422 e. The van der Waals surface area contributed by atoms with Gasteiger partial charge in [-0.1, -0.05) is 12.1 Å². The highest BCUT2D eigenvalue weighted by molar-refractivity contribution is 5.97. The van der Waals surface area contributed by atoms with Gasteiger partial charge in [0.05, 0.1) is 12.1 Å². The molecule has 0 aromatic heterocycles. The number of rotatable bonds is 6. The summed E-state index contributed by atoms with van der Waals surface area (Å²) >= 11 is 0. The Bertz CT molecular complexity index is 939. The highest BCUT2D eigenvalue weighted by Crippen LogP contribution is 2.24. The lowest BCUT2D eigenvalue weighted by Crippen LogP contribution is -2.35. The maximum absolute atomic E-state index is 12.2. The van der Waals surface area contributed by atoms with E-state index in [1.54, 1.807) is 24.3 Å². The van der Waals surface area contributed by atoms with Crippen molar-refractivity contribution < 1.29 is 27.5 Å². The van der Waals surface area contributed by atoms with Gasteiger partial charge in [-0.05, 0) is 42.8 Å². The molecular formula is C19H17F3N4O3. The van der Waals surface area contributed by atoms with Gasteiger partial charge in [0.1, 0.15) is 11.8 Å². The lowest BCUT2D eigenvalue weighted by Gasteiger charge is -2.12. The number of benzene rings is 2. The molecule has 7 nitrogen and oxygen atoms in total. The Morgan fingerprint density at radius 2 is 1.83 bits per heavy atom. The molecule has 10 heteroatoms. The van der Waals surface area contributed by atoms with Crippen LogP contribution in [0.15, 0.2) is 42.5 Å². The van der Waals surface area contributed by atoms with Crippen molar-refractivity contribution in [2.45, 2.75) is 13.1 Å². The predicted molar refractivity (Wildman–Crippen MR) is 99.5 cm³/mol. The molecule has 0 aliphatic carbocycles. The van der Waals surface area contributed by atoms with E-state index in [0.717, 1.165) is 11.6 Å². The number of amides is 3. The summed E-state index contributed by atoms with van der Waals surface area (Å²) < 4.78 is 41.3. The zero-order chi connectivity index (χ0) is 21.4. The third-order valence-electron chi connectivity index (χ3n) is 3.46. The minimum absolute atomic E-state index is 0.169. The fourth-order valence-electron chi connectivity index (χ4n) is 2.24. The quantitative estimate of drug-likeness (QED) is 0.682.